The Hall–Kier alpha value is -1.59. The maximum atomic E-state index is 11.4. The van der Waals surface area contributed by atoms with Gasteiger partial charge in [0.05, 0.1) is 12.5 Å². The summed E-state index contributed by atoms with van der Waals surface area (Å²) >= 11 is 0. The van der Waals surface area contributed by atoms with E-state index in [1.807, 2.05) is 0 Å². The monoisotopic (exact) mass is 242 g/mol. The van der Waals surface area contributed by atoms with Crippen LogP contribution in [0.15, 0.2) is 0 Å². The second-order valence-corrected chi connectivity index (χ2v) is 4.44. The number of imide groups is 1. The topological polar surface area (TPSA) is 86.7 Å². The molecule has 1 heterocycles. The molecule has 2 atom stereocenters. The molecule has 0 aliphatic carbocycles. The van der Waals surface area contributed by atoms with Gasteiger partial charge in [-0.1, -0.05) is 13.3 Å². The fourth-order valence-electron chi connectivity index (χ4n) is 1.85. The predicted molar refractivity (Wildman–Crippen MR) is 60.4 cm³/mol. The Kier molecular flexibility index (Phi) is 4.48. The Morgan fingerprint density at radius 1 is 1.41 bits per heavy atom. The Morgan fingerprint density at radius 3 is 2.53 bits per heavy atom. The average molecular weight is 242 g/mol. The van der Waals surface area contributed by atoms with Gasteiger partial charge in [0.25, 0.3) is 0 Å². The third-order valence-corrected chi connectivity index (χ3v) is 3.00. The van der Waals surface area contributed by atoms with Gasteiger partial charge in [0, 0.05) is 6.04 Å². The van der Waals surface area contributed by atoms with Gasteiger partial charge in [-0.3, -0.25) is 14.5 Å². The minimum absolute atomic E-state index is 0.0642. The number of carbonyl (C=O) groups is 3. The van der Waals surface area contributed by atoms with Crippen LogP contribution in [-0.2, 0) is 9.59 Å². The molecule has 2 N–H and O–H groups in total. The molecule has 17 heavy (non-hydrogen) atoms. The van der Waals surface area contributed by atoms with E-state index in [4.69, 9.17) is 5.11 Å². The molecule has 96 valence electrons. The maximum absolute atomic E-state index is 11.4. The number of carboxylic acid groups (broad SMARTS) is 1. The van der Waals surface area contributed by atoms with Gasteiger partial charge >= 0.3 is 12.0 Å². The van der Waals surface area contributed by atoms with Crippen LogP contribution >= 0.6 is 0 Å². The first kappa shape index (κ1) is 13.5. The quantitative estimate of drug-likeness (QED) is 0.675. The van der Waals surface area contributed by atoms with Crippen LogP contribution in [0.25, 0.3) is 0 Å². The molecule has 0 aromatic rings. The highest BCUT2D eigenvalue weighted by molar-refractivity contribution is 6.02. The van der Waals surface area contributed by atoms with Crippen LogP contribution < -0.4 is 5.32 Å². The zero-order valence-electron chi connectivity index (χ0n) is 10.1. The lowest BCUT2D eigenvalue weighted by Gasteiger charge is -2.21. The van der Waals surface area contributed by atoms with Crippen LogP contribution in [0, 0.1) is 5.92 Å². The Balaban J connectivity index is 2.34. The lowest BCUT2D eigenvalue weighted by atomic mass is 10.0. The summed E-state index contributed by atoms with van der Waals surface area (Å²) in [6, 6.07) is -0.528. The van der Waals surface area contributed by atoms with E-state index in [0.717, 1.165) is 0 Å². The summed E-state index contributed by atoms with van der Waals surface area (Å²) in [7, 11) is 0. The van der Waals surface area contributed by atoms with Gasteiger partial charge in [-0.2, -0.15) is 0 Å². The Morgan fingerprint density at radius 2 is 2.06 bits per heavy atom. The summed E-state index contributed by atoms with van der Waals surface area (Å²) in [6.07, 6.45) is 1.88. The van der Waals surface area contributed by atoms with Crippen molar-refractivity contribution in [1.29, 1.82) is 0 Å². The highest BCUT2D eigenvalue weighted by atomic mass is 16.4. The van der Waals surface area contributed by atoms with Crippen molar-refractivity contribution in [1.82, 2.24) is 10.2 Å². The Labute approximate surface area is 100.0 Å². The summed E-state index contributed by atoms with van der Waals surface area (Å²) in [5.74, 6) is -1.41. The number of aliphatic carboxylic acids is 1. The summed E-state index contributed by atoms with van der Waals surface area (Å²) in [6.45, 7) is 3.52. The molecule has 0 aromatic heterocycles. The van der Waals surface area contributed by atoms with Gasteiger partial charge in [-0.15, -0.1) is 0 Å². The second kappa shape index (κ2) is 5.65. The molecule has 1 fully saturated rings. The van der Waals surface area contributed by atoms with Crippen molar-refractivity contribution >= 4 is 17.9 Å². The number of carbonyl (C=O) groups excluding carboxylic acids is 2. The van der Waals surface area contributed by atoms with Crippen LogP contribution in [0.2, 0.25) is 0 Å². The Bertz CT molecular complexity index is 313. The van der Waals surface area contributed by atoms with Crippen molar-refractivity contribution in [2.45, 2.75) is 39.2 Å². The zero-order chi connectivity index (χ0) is 13.0. The first-order valence-corrected chi connectivity index (χ1v) is 5.76. The van der Waals surface area contributed by atoms with Crippen LogP contribution in [0.4, 0.5) is 4.79 Å². The van der Waals surface area contributed by atoms with Gasteiger partial charge in [-0.25, -0.2) is 4.79 Å². The van der Waals surface area contributed by atoms with E-state index >= 15 is 0 Å². The van der Waals surface area contributed by atoms with Gasteiger partial charge in [0.1, 0.15) is 0 Å². The highest BCUT2D eigenvalue weighted by Crippen LogP contribution is 2.15. The maximum Gasteiger partial charge on any atom is 0.324 e. The molecule has 0 aromatic carbocycles. The van der Waals surface area contributed by atoms with Crippen molar-refractivity contribution in [3.63, 3.8) is 0 Å². The molecule has 0 bridgehead atoms. The molecule has 1 rings (SSSR count). The molecule has 1 aliphatic heterocycles. The summed E-state index contributed by atoms with van der Waals surface area (Å²) in [4.78, 5) is 34.5. The van der Waals surface area contributed by atoms with Crippen LogP contribution in [0.3, 0.4) is 0 Å². The molecular weight excluding hydrogens is 224 g/mol. The minimum Gasteiger partial charge on any atom is -0.481 e. The predicted octanol–water partition coefficient (Wildman–Crippen LogP) is 0.818. The molecular formula is C11H18N2O4. The van der Waals surface area contributed by atoms with Crippen molar-refractivity contribution in [3.8, 4) is 0 Å². The van der Waals surface area contributed by atoms with E-state index in [-0.39, 0.29) is 30.4 Å². The van der Waals surface area contributed by atoms with Crippen LogP contribution in [0.5, 0.6) is 0 Å². The molecule has 0 spiro atoms. The average Bonchev–Trinajstić information content (AvgIpc) is 2.58. The first-order valence-electron chi connectivity index (χ1n) is 5.76. The van der Waals surface area contributed by atoms with E-state index in [0.29, 0.717) is 19.3 Å². The van der Waals surface area contributed by atoms with E-state index in [2.05, 4.69) is 5.32 Å². The van der Waals surface area contributed by atoms with E-state index in [9.17, 15) is 14.4 Å². The number of hydrogen-bond donors (Lipinski definition) is 2. The third-order valence-electron chi connectivity index (χ3n) is 3.00. The van der Waals surface area contributed by atoms with Gasteiger partial charge in [-0.05, 0) is 19.8 Å². The SMILES string of the molecule is CC(CCCC(C)N1C(=O)CNC1=O)C(=O)O. The van der Waals surface area contributed by atoms with Crippen molar-refractivity contribution in [3.05, 3.63) is 0 Å². The number of rotatable bonds is 6. The zero-order valence-corrected chi connectivity index (χ0v) is 10.1. The fourth-order valence-corrected chi connectivity index (χ4v) is 1.85. The summed E-state index contributed by atoms with van der Waals surface area (Å²) < 4.78 is 0. The largest absolute Gasteiger partial charge is 0.481 e. The summed E-state index contributed by atoms with van der Waals surface area (Å²) in [5, 5.41) is 11.2. The number of carboxylic acids is 1. The van der Waals surface area contributed by atoms with Crippen LogP contribution in [-0.4, -0.2) is 40.5 Å². The number of urea groups is 1. The minimum atomic E-state index is -0.812. The van der Waals surface area contributed by atoms with E-state index in [1.165, 1.54) is 4.90 Å². The first-order chi connectivity index (χ1) is 7.93. The van der Waals surface area contributed by atoms with Gasteiger partial charge < -0.3 is 10.4 Å². The number of nitrogens with zero attached hydrogens (tertiary/aromatic N) is 1. The molecule has 0 radical (unpaired) electrons. The van der Waals surface area contributed by atoms with Crippen molar-refractivity contribution in [2.24, 2.45) is 5.92 Å². The molecule has 6 heteroatoms. The number of hydrogen-bond acceptors (Lipinski definition) is 3. The smallest absolute Gasteiger partial charge is 0.324 e. The molecule has 2 unspecified atom stereocenters. The lowest BCUT2D eigenvalue weighted by molar-refractivity contribution is -0.141. The molecule has 1 saturated heterocycles. The molecule has 6 nitrogen and oxygen atoms in total. The number of nitrogens with one attached hydrogen (secondary N) is 1. The van der Waals surface area contributed by atoms with Gasteiger partial charge in [0.15, 0.2) is 0 Å². The lowest BCUT2D eigenvalue weighted by Crippen LogP contribution is -2.38. The molecule has 1 aliphatic rings. The van der Waals surface area contributed by atoms with E-state index in [1.54, 1.807) is 13.8 Å². The van der Waals surface area contributed by atoms with E-state index < -0.39 is 5.97 Å². The third kappa shape index (κ3) is 3.44. The van der Waals surface area contributed by atoms with Gasteiger partial charge in [0.2, 0.25) is 5.91 Å². The standard InChI is InChI=1S/C11H18N2O4/c1-7(10(15)16)4-3-5-8(2)13-9(14)6-12-11(13)17/h7-8H,3-6H2,1-2H3,(H,12,17)(H,15,16). The van der Waals surface area contributed by atoms with Crippen LogP contribution in [0.1, 0.15) is 33.1 Å². The fraction of sp³-hybridized carbons (Fsp3) is 0.727. The highest BCUT2D eigenvalue weighted by Gasteiger charge is 2.32. The van der Waals surface area contributed by atoms with Crippen molar-refractivity contribution < 1.29 is 19.5 Å². The normalized spacial score (nSPS) is 19.1. The van der Waals surface area contributed by atoms with Crippen molar-refractivity contribution in [2.75, 3.05) is 6.54 Å². The number of amides is 3. The summed E-state index contributed by atoms with van der Waals surface area (Å²) in [5.41, 5.74) is 0. The molecule has 3 amide bonds. The second-order valence-electron chi connectivity index (χ2n) is 4.44. The molecule has 0 saturated carbocycles.